The molecule has 2 unspecified atom stereocenters. The predicted molar refractivity (Wildman–Crippen MR) is 158 cm³/mol. The van der Waals surface area contributed by atoms with Gasteiger partial charge in [-0.3, -0.25) is 4.90 Å². The minimum Gasteiger partial charge on any atom is -0.444 e. The number of benzene rings is 3. The van der Waals surface area contributed by atoms with Gasteiger partial charge in [0.05, 0.1) is 10.9 Å². The zero-order valence-electron chi connectivity index (χ0n) is 23.5. The van der Waals surface area contributed by atoms with Crippen molar-refractivity contribution in [3.63, 3.8) is 0 Å². The van der Waals surface area contributed by atoms with E-state index in [-0.39, 0.29) is 4.90 Å². The van der Waals surface area contributed by atoms with E-state index in [4.69, 9.17) is 4.74 Å². The van der Waals surface area contributed by atoms with Crippen LogP contribution in [0, 0.1) is 6.92 Å². The van der Waals surface area contributed by atoms with Crippen LogP contribution in [0.1, 0.15) is 42.8 Å². The second kappa shape index (κ2) is 11.1. The molecule has 3 aromatic carbocycles. The van der Waals surface area contributed by atoms with Gasteiger partial charge in [0.15, 0.2) is 9.84 Å². The Bertz CT molecular complexity index is 1540. The Morgan fingerprint density at radius 3 is 2.33 bits per heavy atom. The zero-order valence-corrected chi connectivity index (χ0v) is 24.3. The molecule has 1 aliphatic heterocycles. The van der Waals surface area contributed by atoms with Crippen LogP contribution in [0.5, 0.6) is 0 Å². The molecule has 0 saturated carbocycles. The highest BCUT2D eigenvalue weighted by molar-refractivity contribution is 7.91. The summed E-state index contributed by atoms with van der Waals surface area (Å²) >= 11 is 0. The lowest BCUT2D eigenvalue weighted by Gasteiger charge is -2.44. The van der Waals surface area contributed by atoms with Crippen LogP contribution in [0.25, 0.3) is 10.9 Å². The highest BCUT2D eigenvalue weighted by Crippen LogP contribution is 2.38. The fourth-order valence-corrected chi connectivity index (χ4v) is 7.28. The van der Waals surface area contributed by atoms with Crippen LogP contribution < -0.4 is 0 Å². The van der Waals surface area contributed by atoms with Crippen LogP contribution in [0.4, 0.5) is 4.79 Å². The van der Waals surface area contributed by atoms with Gasteiger partial charge in [0.25, 0.3) is 0 Å². The number of aryl methyl sites for hydroxylation is 1. The van der Waals surface area contributed by atoms with Gasteiger partial charge in [-0.1, -0.05) is 66.2 Å². The average Bonchev–Trinajstić information content (AvgIpc) is 3.32. The number of ether oxygens (including phenoxy) is 1. The van der Waals surface area contributed by atoms with Crippen molar-refractivity contribution in [3.05, 3.63) is 102 Å². The highest BCUT2D eigenvalue weighted by atomic mass is 32.2. The summed E-state index contributed by atoms with van der Waals surface area (Å²) in [5, 5.41) is -0.115. The summed E-state index contributed by atoms with van der Waals surface area (Å²) in [6.45, 7) is 9.39. The molecule has 1 amide bonds. The maximum Gasteiger partial charge on any atom is 0.410 e. The Balaban J connectivity index is 1.62. The first kappa shape index (κ1) is 27.9. The normalized spacial score (nSPS) is 17.6. The largest absolute Gasteiger partial charge is 0.444 e. The van der Waals surface area contributed by atoms with Crippen molar-refractivity contribution >= 4 is 26.8 Å². The molecule has 2 atom stereocenters. The Morgan fingerprint density at radius 1 is 0.975 bits per heavy atom. The minimum atomic E-state index is -3.93. The van der Waals surface area contributed by atoms with Crippen molar-refractivity contribution in [1.82, 2.24) is 14.8 Å². The molecule has 0 bridgehead atoms. The van der Waals surface area contributed by atoms with Crippen LogP contribution in [-0.2, 0) is 21.1 Å². The molecule has 210 valence electrons. The van der Waals surface area contributed by atoms with Crippen LogP contribution in [0.15, 0.2) is 89.8 Å². The number of carbonyl (C=O) groups excluding carboxylic acids is 1. The molecule has 0 aliphatic carbocycles. The quantitative estimate of drug-likeness (QED) is 0.308. The van der Waals surface area contributed by atoms with Crippen LogP contribution in [0.3, 0.4) is 0 Å². The van der Waals surface area contributed by atoms with Crippen molar-refractivity contribution in [3.8, 4) is 0 Å². The number of aromatic nitrogens is 1. The minimum absolute atomic E-state index is 0.228. The van der Waals surface area contributed by atoms with E-state index in [2.05, 4.69) is 22.0 Å². The van der Waals surface area contributed by atoms with Crippen molar-refractivity contribution in [2.75, 3.05) is 19.6 Å². The predicted octanol–water partition coefficient (Wildman–Crippen LogP) is 6.11. The molecule has 1 aliphatic rings. The van der Waals surface area contributed by atoms with Crippen molar-refractivity contribution in [2.45, 2.75) is 56.0 Å². The number of rotatable bonds is 6. The Morgan fingerprint density at radius 2 is 1.65 bits per heavy atom. The highest BCUT2D eigenvalue weighted by Gasteiger charge is 2.45. The summed E-state index contributed by atoms with van der Waals surface area (Å²) < 4.78 is 34.8. The number of hydrogen-bond acceptors (Lipinski definition) is 5. The van der Waals surface area contributed by atoms with Gasteiger partial charge in [-0.25, -0.2) is 13.2 Å². The van der Waals surface area contributed by atoms with Gasteiger partial charge < -0.3 is 14.6 Å². The summed E-state index contributed by atoms with van der Waals surface area (Å²) in [6.07, 6.45) is -0.503. The van der Waals surface area contributed by atoms with Gasteiger partial charge in [-0.15, -0.1) is 0 Å². The van der Waals surface area contributed by atoms with E-state index in [1.165, 1.54) is 0 Å². The molecule has 2 heterocycles. The summed E-state index contributed by atoms with van der Waals surface area (Å²) in [7, 11) is -3.93. The molecule has 4 aromatic rings. The van der Waals surface area contributed by atoms with E-state index in [1.807, 2.05) is 88.4 Å². The SMILES string of the molecule is Cc1ccc(S(=O)(=O)C(c2cc3ccccc3[nH]2)C2CN(Cc3ccccc3)CCN2C(=O)OC(C)(C)C)cc1. The summed E-state index contributed by atoms with van der Waals surface area (Å²) in [4.78, 5) is 21.0. The van der Waals surface area contributed by atoms with E-state index in [0.717, 1.165) is 22.0 Å². The first-order chi connectivity index (χ1) is 19.0. The molecular weight excluding hydrogens is 522 g/mol. The second-order valence-corrected chi connectivity index (χ2v) is 13.6. The number of para-hydroxylation sites is 1. The van der Waals surface area contributed by atoms with Crippen LogP contribution >= 0.6 is 0 Å². The maximum absolute atomic E-state index is 14.5. The van der Waals surface area contributed by atoms with Crippen molar-refractivity contribution in [2.24, 2.45) is 0 Å². The van der Waals surface area contributed by atoms with Gasteiger partial charge in [0.1, 0.15) is 10.9 Å². The first-order valence-electron chi connectivity index (χ1n) is 13.7. The number of aromatic amines is 1. The third-order valence-corrected chi connectivity index (χ3v) is 9.44. The molecule has 1 saturated heterocycles. The van der Waals surface area contributed by atoms with Crippen LogP contribution in [-0.4, -0.2) is 60.6 Å². The molecule has 1 N–H and O–H groups in total. The van der Waals surface area contributed by atoms with E-state index >= 15 is 0 Å². The number of sulfone groups is 1. The number of carbonyl (C=O) groups is 1. The Labute approximate surface area is 236 Å². The lowest BCUT2D eigenvalue weighted by atomic mass is 10.0. The first-order valence-corrected chi connectivity index (χ1v) is 15.2. The average molecular weight is 560 g/mol. The molecule has 8 heteroatoms. The maximum atomic E-state index is 14.5. The van der Waals surface area contributed by atoms with Crippen LogP contribution in [0.2, 0.25) is 0 Å². The molecule has 0 spiro atoms. The lowest BCUT2D eigenvalue weighted by Crippen LogP contribution is -2.58. The van der Waals surface area contributed by atoms with Crippen molar-refractivity contribution in [1.29, 1.82) is 0 Å². The number of piperazine rings is 1. The molecule has 40 heavy (non-hydrogen) atoms. The third-order valence-electron chi connectivity index (χ3n) is 7.27. The number of amides is 1. The van der Waals surface area contributed by atoms with E-state index in [1.54, 1.807) is 17.0 Å². The standard InChI is InChI=1S/C32H37N3O4S/c1-23-14-16-26(17-15-23)40(37,38)30(28-20-25-12-8-9-13-27(25)33-28)29-22-34(21-24-10-6-5-7-11-24)18-19-35(29)31(36)39-32(2,3)4/h5-17,20,29-30,33H,18-19,21-22H2,1-4H3. The summed E-state index contributed by atoms with van der Waals surface area (Å²) in [6, 6.07) is 26.0. The monoisotopic (exact) mass is 559 g/mol. The summed E-state index contributed by atoms with van der Waals surface area (Å²) in [5.41, 5.74) is 2.80. The second-order valence-electron chi connectivity index (χ2n) is 11.6. The van der Waals surface area contributed by atoms with Crippen molar-refractivity contribution < 1.29 is 17.9 Å². The molecule has 7 nitrogen and oxygen atoms in total. The van der Waals surface area contributed by atoms with E-state index in [9.17, 15) is 13.2 Å². The third kappa shape index (κ3) is 6.08. The Hall–Kier alpha value is -3.62. The molecular formula is C32H37N3O4S. The van der Waals surface area contributed by atoms with Gasteiger partial charge in [-0.2, -0.15) is 0 Å². The number of nitrogens with one attached hydrogen (secondary N) is 1. The molecule has 5 rings (SSSR count). The van der Waals surface area contributed by atoms with E-state index in [0.29, 0.717) is 31.9 Å². The van der Waals surface area contributed by atoms with Gasteiger partial charge in [0, 0.05) is 37.4 Å². The number of H-pyrrole nitrogens is 1. The molecule has 0 radical (unpaired) electrons. The molecule has 1 aromatic heterocycles. The fourth-order valence-electron chi connectivity index (χ4n) is 5.37. The van der Waals surface area contributed by atoms with Gasteiger partial charge in [0.2, 0.25) is 0 Å². The van der Waals surface area contributed by atoms with Gasteiger partial charge >= 0.3 is 6.09 Å². The molecule has 1 fully saturated rings. The summed E-state index contributed by atoms with van der Waals surface area (Å²) in [5.74, 6) is 0. The smallest absolute Gasteiger partial charge is 0.410 e. The van der Waals surface area contributed by atoms with Gasteiger partial charge in [-0.05, 0) is 62.9 Å². The topological polar surface area (TPSA) is 82.7 Å². The zero-order chi connectivity index (χ0) is 28.5. The number of fused-ring (bicyclic) bond motifs is 1. The Kier molecular flexibility index (Phi) is 7.75. The number of hydrogen-bond donors (Lipinski definition) is 1. The lowest BCUT2D eigenvalue weighted by molar-refractivity contribution is -0.00330. The van der Waals surface area contributed by atoms with E-state index < -0.39 is 32.8 Å². The number of nitrogens with zero attached hydrogens (tertiary/aromatic N) is 2. The fraction of sp³-hybridized carbons (Fsp3) is 0.344.